The molecule has 0 N–H and O–H groups in total. The van der Waals surface area contributed by atoms with Gasteiger partial charge in [0, 0.05) is 11.4 Å². The average Bonchev–Trinajstić information content (AvgIpc) is 3.05. The van der Waals surface area contributed by atoms with Crippen molar-refractivity contribution in [3.05, 3.63) is 70.9 Å². The quantitative estimate of drug-likeness (QED) is 0.449. The average molecular weight is 370 g/mol. The zero-order valence-electron chi connectivity index (χ0n) is 14.1. The van der Waals surface area contributed by atoms with E-state index in [1.54, 1.807) is 11.1 Å². The molecule has 3 rings (SSSR count). The van der Waals surface area contributed by atoms with Gasteiger partial charge in [0.05, 0.1) is 4.91 Å². The minimum absolute atomic E-state index is 0.116. The van der Waals surface area contributed by atoms with Crippen LogP contribution in [-0.4, -0.2) is 21.5 Å². The molecule has 1 saturated heterocycles. The topological polar surface area (TPSA) is 34.5 Å². The van der Waals surface area contributed by atoms with Gasteiger partial charge in [-0.3, -0.25) is 9.47 Å². The fourth-order valence-electron chi connectivity index (χ4n) is 2.61. The van der Waals surface area contributed by atoms with Crippen LogP contribution in [0.25, 0.3) is 6.08 Å². The summed E-state index contributed by atoms with van der Waals surface area (Å²) in [5, 5.41) is 1.55. The molecule has 0 radical (unpaired) electrons. The maximum absolute atomic E-state index is 12.9. The summed E-state index contributed by atoms with van der Waals surface area (Å²) >= 11 is 6.74. The van der Waals surface area contributed by atoms with Crippen molar-refractivity contribution in [1.82, 2.24) is 4.68 Å². The second-order valence-electron chi connectivity index (χ2n) is 5.59. The summed E-state index contributed by atoms with van der Waals surface area (Å²) in [5.74, 6) is 0.621. The number of carbonyl (C=O) groups excluding carboxylic acids is 1. The number of ether oxygens (including phenoxy) is 1. The lowest BCUT2D eigenvalue weighted by Crippen LogP contribution is -2.39. The molecule has 0 saturated carbocycles. The fraction of sp³-hybridized carbons (Fsp3) is 0.158. The first-order chi connectivity index (χ1) is 12.0. The largest absolute Gasteiger partial charge is 0.490 e. The van der Waals surface area contributed by atoms with Crippen molar-refractivity contribution in [2.24, 2.45) is 0 Å². The number of nitrogens with zero attached hydrogens (tertiary/aromatic N) is 2. The Kier molecular flexibility index (Phi) is 5.11. The van der Waals surface area contributed by atoms with Gasteiger partial charge in [-0.1, -0.05) is 36.5 Å². The molecule has 0 unspecified atom stereocenters. The summed E-state index contributed by atoms with van der Waals surface area (Å²) in [6.07, 6.45) is 3.54. The summed E-state index contributed by atoms with van der Waals surface area (Å²) < 4.78 is 7.92. The molecule has 25 heavy (non-hydrogen) atoms. The number of thiocarbonyl (C=S) groups is 1. The SMILES string of the molecule is C=CCOc1cccc(/C=C2/SC(=S)N(n3c(C)ccc3C)C2=O)c1. The van der Waals surface area contributed by atoms with Crippen LogP contribution < -0.4 is 9.75 Å². The van der Waals surface area contributed by atoms with Crippen molar-refractivity contribution in [3.63, 3.8) is 0 Å². The van der Waals surface area contributed by atoms with Gasteiger partial charge in [0.2, 0.25) is 0 Å². The Hall–Kier alpha value is -2.31. The summed E-state index contributed by atoms with van der Waals surface area (Å²) in [6.45, 7) is 7.99. The molecule has 0 aliphatic carbocycles. The molecule has 1 aromatic heterocycles. The summed E-state index contributed by atoms with van der Waals surface area (Å²) in [6, 6.07) is 11.5. The first kappa shape index (κ1) is 17.5. The standard InChI is InChI=1S/C19H18N2O2S2/c1-4-10-23-16-7-5-6-15(11-16)12-17-18(22)21(19(24)25-17)20-13(2)8-9-14(20)3/h4-9,11-12H,1,10H2,2-3H3/b17-12+. The van der Waals surface area contributed by atoms with E-state index in [1.807, 2.05) is 61.0 Å². The molecule has 1 aromatic carbocycles. The Morgan fingerprint density at radius 2 is 1.96 bits per heavy atom. The zero-order valence-corrected chi connectivity index (χ0v) is 15.7. The van der Waals surface area contributed by atoms with Crippen molar-refractivity contribution in [3.8, 4) is 5.75 Å². The summed E-state index contributed by atoms with van der Waals surface area (Å²) in [5.41, 5.74) is 2.83. The van der Waals surface area contributed by atoms with E-state index in [4.69, 9.17) is 17.0 Å². The molecule has 1 aliphatic heterocycles. The Labute approximate surface area is 156 Å². The van der Waals surface area contributed by atoms with Gasteiger partial charge in [0.15, 0.2) is 4.32 Å². The second-order valence-corrected chi connectivity index (χ2v) is 7.27. The molecule has 1 aliphatic rings. The predicted octanol–water partition coefficient (Wildman–Crippen LogP) is 4.21. The molecule has 0 bridgehead atoms. The molecular formula is C19H18N2O2S2. The molecular weight excluding hydrogens is 352 g/mol. The third-order valence-electron chi connectivity index (χ3n) is 3.73. The van der Waals surface area contributed by atoms with Gasteiger partial charge in [-0.25, -0.2) is 0 Å². The number of hydrogen-bond donors (Lipinski definition) is 0. The van der Waals surface area contributed by atoms with Crippen LogP contribution in [0.3, 0.4) is 0 Å². The predicted molar refractivity (Wildman–Crippen MR) is 107 cm³/mol. The minimum Gasteiger partial charge on any atom is -0.490 e. The first-order valence-electron chi connectivity index (χ1n) is 7.78. The number of hydrogen-bond acceptors (Lipinski definition) is 4. The van der Waals surface area contributed by atoms with Gasteiger partial charge < -0.3 is 4.74 Å². The van der Waals surface area contributed by atoms with E-state index in [9.17, 15) is 4.79 Å². The Morgan fingerprint density at radius 1 is 1.24 bits per heavy atom. The highest BCUT2D eigenvalue weighted by molar-refractivity contribution is 8.27. The normalized spacial score (nSPS) is 15.9. The van der Waals surface area contributed by atoms with Gasteiger partial charge in [-0.15, -0.1) is 0 Å². The molecule has 2 heterocycles. The van der Waals surface area contributed by atoms with Crippen LogP contribution in [0.15, 0.2) is 54.0 Å². The van der Waals surface area contributed by atoms with Crippen LogP contribution in [0.5, 0.6) is 5.75 Å². The fourth-order valence-corrected chi connectivity index (χ4v) is 3.85. The number of aromatic nitrogens is 1. The first-order valence-corrected chi connectivity index (χ1v) is 9.00. The van der Waals surface area contributed by atoms with Crippen LogP contribution in [0.2, 0.25) is 0 Å². The summed E-state index contributed by atoms with van der Waals surface area (Å²) in [4.78, 5) is 13.5. The van der Waals surface area contributed by atoms with E-state index in [2.05, 4.69) is 6.58 Å². The van der Waals surface area contributed by atoms with E-state index in [-0.39, 0.29) is 5.91 Å². The molecule has 4 nitrogen and oxygen atoms in total. The molecule has 6 heteroatoms. The third kappa shape index (κ3) is 3.55. The maximum Gasteiger partial charge on any atom is 0.285 e. The second kappa shape index (κ2) is 7.29. The van der Waals surface area contributed by atoms with E-state index in [1.165, 1.54) is 11.8 Å². The number of thioether (sulfide) groups is 1. The van der Waals surface area contributed by atoms with Gasteiger partial charge in [0.25, 0.3) is 5.91 Å². The Morgan fingerprint density at radius 3 is 2.64 bits per heavy atom. The molecule has 1 fully saturated rings. The van der Waals surface area contributed by atoms with Gasteiger partial charge in [0.1, 0.15) is 12.4 Å². The monoisotopic (exact) mass is 370 g/mol. The van der Waals surface area contributed by atoms with Crippen LogP contribution in [0.1, 0.15) is 17.0 Å². The lowest BCUT2D eigenvalue weighted by molar-refractivity contribution is -0.114. The number of rotatable bonds is 5. The van der Waals surface area contributed by atoms with Gasteiger partial charge >= 0.3 is 0 Å². The van der Waals surface area contributed by atoms with Gasteiger partial charge in [-0.05, 0) is 62.0 Å². The van der Waals surface area contributed by atoms with Crippen molar-refractivity contribution < 1.29 is 9.53 Å². The Bertz CT molecular complexity index is 864. The molecule has 2 aromatic rings. The maximum atomic E-state index is 12.9. The number of carbonyl (C=O) groups is 1. The molecule has 0 spiro atoms. The van der Waals surface area contributed by atoms with Crippen molar-refractivity contribution in [2.75, 3.05) is 11.6 Å². The van der Waals surface area contributed by atoms with E-state index >= 15 is 0 Å². The van der Waals surface area contributed by atoms with Crippen molar-refractivity contribution >= 4 is 40.3 Å². The highest BCUT2D eigenvalue weighted by atomic mass is 32.2. The van der Waals surface area contributed by atoms with E-state index in [0.717, 1.165) is 22.7 Å². The lowest BCUT2D eigenvalue weighted by atomic mass is 10.2. The lowest BCUT2D eigenvalue weighted by Gasteiger charge is -2.20. The number of aryl methyl sites for hydroxylation is 2. The highest BCUT2D eigenvalue weighted by Crippen LogP contribution is 2.33. The van der Waals surface area contributed by atoms with Crippen molar-refractivity contribution in [2.45, 2.75) is 13.8 Å². The van der Waals surface area contributed by atoms with Crippen LogP contribution in [0, 0.1) is 13.8 Å². The number of amides is 1. The van der Waals surface area contributed by atoms with Crippen molar-refractivity contribution in [1.29, 1.82) is 0 Å². The van der Waals surface area contributed by atoms with E-state index in [0.29, 0.717) is 15.8 Å². The Balaban J connectivity index is 1.89. The van der Waals surface area contributed by atoms with Crippen LogP contribution in [-0.2, 0) is 4.79 Å². The highest BCUT2D eigenvalue weighted by Gasteiger charge is 2.34. The zero-order chi connectivity index (χ0) is 18.0. The van der Waals surface area contributed by atoms with Gasteiger partial charge in [-0.2, -0.15) is 5.01 Å². The van der Waals surface area contributed by atoms with Crippen LogP contribution in [0.4, 0.5) is 0 Å². The molecule has 1 amide bonds. The van der Waals surface area contributed by atoms with Crippen LogP contribution >= 0.6 is 24.0 Å². The third-order valence-corrected chi connectivity index (χ3v) is 5.01. The number of benzene rings is 1. The minimum atomic E-state index is -0.116. The molecule has 0 atom stereocenters. The van der Waals surface area contributed by atoms with E-state index < -0.39 is 0 Å². The smallest absolute Gasteiger partial charge is 0.285 e. The molecule has 128 valence electrons. The summed E-state index contributed by atoms with van der Waals surface area (Å²) in [7, 11) is 0.